The van der Waals surface area contributed by atoms with Crippen molar-refractivity contribution in [1.29, 1.82) is 0 Å². The molecule has 2 aromatic carbocycles. The summed E-state index contributed by atoms with van der Waals surface area (Å²) in [7, 11) is 0. The van der Waals surface area contributed by atoms with Gasteiger partial charge in [0.1, 0.15) is 0 Å². The number of hydrogen-bond acceptors (Lipinski definition) is 2. The van der Waals surface area contributed by atoms with Gasteiger partial charge in [0, 0.05) is 6.21 Å². The van der Waals surface area contributed by atoms with Crippen LogP contribution in [0.2, 0.25) is 0 Å². The van der Waals surface area contributed by atoms with Crippen molar-refractivity contribution in [2.24, 2.45) is 4.99 Å². The van der Waals surface area contributed by atoms with Crippen LogP contribution in [0.15, 0.2) is 71.7 Å². The van der Waals surface area contributed by atoms with Crippen molar-refractivity contribution in [3.8, 4) is 0 Å². The highest BCUT2D eigenvalue weighted by molar-refractivity contribution is 5.78. The molecule has 0 aliphatic rings. The molecular weight excluding hydrogens is 234 g/mol. The molecule has 0 saturated heterocycles. The topological polar surface area (TPSA) is 32.6 Å². The van der Waals surface area contributed by atoms with E-state index in [1.54, 1.807) is 6.21 Å². The van der Waals surface area contributed by atoms with E-state index in [0.717, 1.165) is 11.1 Å². The minimum absolute atomic E-state index is 0.0136. The summed E-state index contributed by atoms with van der Waals surface area (Å²) in [5, 5.41) is 9.36. The highest BCUT2D eigenvalue weighted by Gasteiger charge is 2.05. The zero-order chi connectivity index (χ0) is 13.3. The third-order valence-corrected chi connectivity index (χ3v) is 2.80. The Bertz CT molecular complexity index is 532. The van der Waals surface area contributed by atoms with Gasteiger partial charge in [0.2, 0.25) is 0 Å². The van der Waals surface area contributed by atoms with Crippen molar-refractivity contribution in [2.75, 3.05) is 6.61 Å². The van der Waals surface area contributed by atoms with Crippen molar-refractivity contribution in [3.05, 3.63) is 77.9 Å². The van der Waals surface area contributed by atoms with Crippen LogP contribution < -0.4 is 0 Å². The normalized spacial score (nSPS) is 13.1. The van der Waals surface area contributed by atoms with Crippen LogP contribution >= 0.6 is 0 Å². The van der Waals surface area contributed by atoms with Gasteiger partial charge in [-0.05, 0) is 17.2 Å². The zero-order valence-electron chi connectivity index (χ0n) is 10.7. The molecule has 0 aromatic heterocycles. The van der Waals surface area contributed by atoms with E-state index >= 15 is 0 Å². The largest absolute Gasteiger partial charge is 0.394 e. The molecule has 0 heterocycles. The molecule has 1 atom stereocenters. The number of hydrogen-bond donors (Lipinski definition) is 1. The van der Waals surface area contributed by atoms with Gasteiger partial charge >= 0.3 is 0 Å². The summed E-state index contributed by atoms with van der Waals surface area (Å²) in [4.78, 5) is 4.37. The predicted octanol–water partition coefficient (Wildman–Crippen LogP) is 3.50. The van der Waals surface area contributed by atoms with E-state index in [0.29, 0.717) is 0 Å². The lowest BCUT2D eigenvalue weighted by Crippen LogP contribution is -2.00. The van der Waals surface area contributed by atoms with Gasteiger partial charge < -0.3 is 5.11 Å². The van der Waals surface area contributed by atoms with Crippen molar-refractivity contribution >= 4 is 12.3 Å². The van der Waals surface area contributed by atoms with Gasteiger partial charge in [0.05, 0.1) is 12.6 Å². The van der Waals surface area contributed by atoms with Gasteiger partial charge in [-0.25, -0.2) is 0 Å². The van der Waals surface area contributed by atoms with Crippen molar-refractivity contribution < 1.29 is 5.11 Å². The SMILES string of the molecule is OC[C@H](N=C/C=C/c1ccccc1)c1ccccc1. The summed E-state index contributed by atoms with van der Waals surface area (Å²) < 4.78 is 0. The number of benzene rings is 2. The molecule has 19 heavy (non-hydrogen) atoms. The molecule has 0 bridgehead atoms. The molecule has 96 valence electrons. The Morgan fingerprint density at radius 3 is 2.21 bits per heavy atom. The van der Waals surface area contributed by atoms with E-state index in [2.05, 4.69) is 4.99 Å². The van der Waals surface area contributed by atoms with E-state index in [1.165, 1.54) is 0 Å². The van der Waals surface area contributed by atoms with Crippen molar-refractivity contribution in [2.45, 2.75) is 6.04 Å². The fourth-order valence-electron chi connectivity index (χ4n) is 1.79. The van der Waals surface area contributed by atoms with Crippen molar-refractivity contribution in [3.63, 3.8) is 0 Å². The van der Waals surface area contributed by atoms with Crippen LogP contribution in [-0.2, 0) is 0 Å². The highest BCUT2D eigenvalue weighted by atomic mass is 16.3. The van der Waals surface area contributed by atoms with Gasteiger partial charge in [-0.15, -0.1) is 0 Å². The highest BCUT2D eigenvalue weighted by Crippen LogP contribution is 2.15. The number of allylic oxidation sites excluding steroid dienone is 1. The number of rotatable bonds is 5. The van der Waals surface area contributed by atoms with E-state index in [4.69, 9.17) is 0 Å². The quantitative estimate of drug-likeness (QED) is 0.810. The molecule has 0 spiro atoms. The first-order valence-corrected chi connectivity index (χ1v) is 6.31. The van der Waals surface area contributed by atoms with E-state index in [-0.39, 0.29) is 12.6 Å². The molecule has 1 N–H and O–H groups in total. The maximum atomic E-state index is 9.36. The molecule has 0 fully saturated rings. The summed E-state index contributed by atoms with van der Waals surface area (Å²) in [6.07, 6.45) is 5.62. The van der Waals surface area contributed by atoms with Crippen LogP contribution in [0.1, 0.15) is 17.2 Å². The second kappa shape index (κ2) is 7.29. The standard InChI is InChI=1S/C17H17NO/c19-14-17(16-11-5-2-6-12-16)18-13-7-10-15-8-3-1-4-9-15/h1-13,17,19H,14H2/b10-7+,18-13?/t17-/m0/s1. The van der Waals surface area contributed by atoms with Gasteiger partial charge in [-0.2, -0.15) is 0 Å². The molecule has 0 radical (unpaired) electrons. The smallest absolute Gasteiger partial charge is 0.0979 e. The fourth-order valence-corrected chi connectivity index (χ4v) is 1.79. The lowest BCUT2D eigenvalue weighted by molar-refractivity contribution is 0.269. The lowest BCUT2D eigenvalue weighted by atomic mass is 10.1. The predicted molar refractivity (Wildman–Crippen MR) is 80.2 cm³/mol. The average molecular weight is 251 g/mol. The van der Waals surface area contributed by atoms with Crippen LogP contribution in [0.3, 0.4) is 0 Å². The molecule has 0 amide bonds. The first-order valence-electron chi connectivity index (χ1n) is 6.31. The summed E-state index contributed by atoms with van der Waals surface area (Å²) in [6.45, 7) is 0.0136. The van der Waals surface area contributed by atoms with Crippen molar-refractivity contribution in [1.82, 2.24) is 0 Å². The van der Waals surface area contributed by atoms with Crippen LogP contribution in [0.25, 0.3) is 6.08 Å². The molecule has 0 unspecified atom stereocenters. The number of nitrogens with zero attached hydrogens (tertiary/aromatic N) is 1. The minimum Gasteiger partial charge on any atom is -0.394 e. The maximum absolute atomic E-state index is 9.36. The summed E-state index contributed by atoms with van der Waals surface area (Å²) in [6, 6.07) is 19.7. The molecule has 2 heteroatoms. The monoisotopic (exact) mass is 251 g/mol. The summed E-state index contributed by atoms with van der Waals surface area (Å²) >= 11 is 0. The van der Waals surface area contributed by atoms with Crippen LogP contribution in [0.5, 0.6) is 0 Å². The first kappa shape index (κ1) is 13.2. The summed E-state index contributed by atoms with van der Waals surface area (Å²) in [5.74, 6) is 0. The second-order valence-corrected chi connectivity index (χ2v) is 4.18. The van der Waals surface area contributed by atoms with Crippen LogP contribution in [-0.4, -0.2) is 17.9 Å². The van der Waals surface area contributed by atoms with E-state index in [9.17, 15) is 5.11 Å². The Labute approximate surface area is 113 Å². The lowest BCUT2D eigenvalue weighted by Gasteiger charge is -2.08. The molecule has 2 aromatic rings. The van der Waals surface area contributed by atoms with E-state index in [1.807, 2.05) is 72.8 Å². The molecule has 0 aliphatic carbocycles. The fraction of sp³-hybridized carbons (Fsp3) is 0.118. The second-order valence-electron chi connectivity index (χ2n) is 4.18. The first-order chi connectivity index (χ1) is 9.40. The van der Waals surface area contributed by atoms with E-state index < -0.39 is 0 Å². The third kappa shape index (κ3) is 4.19. The van der Waals surface area contributed by atoms with Gasteiger partial charge in [0.15, 0.2) is 0 Å². The summed E-state index contributed by atoms with van der Waals surface area (Å²) in [5.41, 5.74) is 2.16. The number of aliphatic imine (C=N–C) groups is 1. The van der Waals surface area contributed by atoms with Gasteiger partial charge in [-0.1, -0.05) is 66.7 Å². The Morgan fingerprint density at radius 1 is 0.947 bits per heavy atom. The third-order valence-electron chi connectivity index (χ3n) is 2.80. The average Bonchev–Trinajstić information content (AvgIpc) is 2.49. The van der Waals surface area contributed by atoms with Gasteiger partial charge in [0.25, 0.3) is 0 Å². The maximum Gasteiger partial charge on any atom is 0.0979 e. The number of aliphatic hydroxyl groups excluding tert-OH is 1. The Balaban J connectivity index is 1.99. The molecule has 0 saturated carbocycles. The zero-order valence-corrected chi connectivity index (χ0v) is 10.7. The minimum atomic E-state index is -0.193. The van der Waals surface area contributed by atoms with Crippen LogP contribution in [0.4, 0.5) is 0 Å². The number of aliphatic hydroxyl groups is 1. The Morgan fingerprint density at radius 2 is 1.58 bits per heavy atom. The molecular formula is C17H17NO. The molecule has 0 aliphatic heterocycles. The van der Waals surface area contributed by atoms with Gasteiger partial charge in [-0.3, -0.25) is 4.99 Å². The molecule has 2 rings (SSSR count). The molecule has 2 nitrogen and oxygen atoms in total. The van der Waals surface area contributed by atoms with Crippen LogP contribution in [0, 0.1) is 0 Å². The Hall–Kier alpha value is -2.19. The Kier molecular flexibility index (Phi) is 5.08.